The average Bonchev–Trinajstić information content (AvgIpc) is 2.06. The van der Waals surface area contributed by atoms with Crippen molar-refractivity contribution < 1.29 is 14.1 Å². The van der Waals surface area contributed by atoms with Crippen LogP contribution >= 0.6 is 0 Å². The maximum atomic E-state index is 9.91. The van der Waals surface area contributed by atoms with Gasteiger partial charge in [-0.15, -0.1) is 0 Å². The molecule has 0 fully saturated rings. The monoisotopic (exact) mass is 150 g/mol. The zero-order valence-corrected chi connectivity index (χ0v) is 6.11. The molecule has 0 aliphatic rings. The van der Waals surface area contributed by atoms with E-state index in [1.54, 1.807) is 31.4 Å². The number of hydrogen-bond acceptors (Lipinski definition) is 3. The van der Waals surface area contributed by atoms with Crippen molar-refractivity contribution in [3.05, 3.63) is 24.3 Å². The molecule has 11 heavy (non-hydrogen) atoms. The van der Waals surface area contributed by atoms with E-state index in [0.717, 1.165) is 0 Å². The van der Waals surface area contributed by atoms with Gasteiger partial charge in [-0.2, -0.15) is 0 Å². The first-order valence-corrected chi connectivity index (χ1v) is 3.11. The van der Waals surface area contributed by atoms with E-state index in [1.807, 2.05) is 0 Å². The van der Waals surface area contributed by atoms with Gasteiger partial charge in [0.15, 0.2) is 0 Å². The summed E-state index contributed by atoms with van der Waals surface area (Å²) < 4.78 is 19.4. The number of benzene rings is 1. The third-order valence-corrected chi connectivity index (χ3v) is 1.23. The molecule has 0 radical (unpaired) electrons. The third-order valence-electron chi connectivity index (χ3n) is 1.23. The molecule has 0 saturated heterocycles. The van der Waals surface area contributed by atoms with Gasteiger partial charge in [-0.25, -0.2) is 0 Å². The minimum atomic E-state index is 0.384. The van der Waals surface area contributed by atoms with Crippen LogP contribution < -0.4 is 9.39 Å². The maximum absolute atomic E-state index is 9.91. The van der Waals surface area contributed by atoms with Gasteiger partial charge in [0.2, 0.25) is 0 Å². The van der Waals surface area contributed by atoms with Crippen LogP contribution in [0.25, 0.3) is 0 Å². The zero-order chi connectivity index (χ0) is 8.10. The number of rotatable bonds is 3. The van der Waals surface area contributed by atoms with Gasteiger partial charge in [0.1, 0.15) is 0 Å². The molecule has 0 aliphatic carbocycles. The van der Waals surface area contributed by atoms with E-state index in [0.29, 0.717) is 18.9 Å². The van der Waals surface area contributed by atoms with Gasteiger partial charge >= 0.3 is 64.3 Å². The molecule has 4 heteroatoms. The van der Waals surface area contributed by atoms with Crippen molar-refractivity contribution in [2.75, 3.05) is 7.11 Å². The fraction of sp³-hybridized carbons (Fsp3) is 0.143. The summed E-state index contributed by atoms with van der Waals surface area (Å²) in [5.41, 5.74) is 0. The second-order valence-electron chi connectivity index (χ2n) is 1.89. The van der Waals surface area contributed by atoms with E-state index in [4.69, 9.17) is 4.74 Å². The Hall–Kier alpha value is -1.32. The Morgan fingerprint density at radius 3 is 2.73 bits per heavy atom. The summed E-state index contributed by atoms with van der Waals surface area (Å²) >= 11 is 0. The molecule has 0 saturated carbocycles. The molecule has 0 spiro atoms. The predicted molar refractivity (Wildman–Crippen MR) is 40.1 cm³/mol. The molecule has 0 bridgehead atoms. The van der Waals surface area contributed by atoms with Crippen LogP contribution in [0, 0.1) is 0 Å². The van der Waals surface area contributed by atoms with Crippen LogP contribution in [0.5, 0.6) is 11.5 Å². The first kappa shape index (κ1) is 7.79. The van der Waals surface area contributed by atoms with E-state index >= 15 is 0 Å². The summed E-state index contributed by atoms with van der Waals surface area (Å²) in [5, 5.41) is 0. The summed E-state index contributed by atoms with van der Waals surface area (Å²) in [5.74, 6) is 1.16. The van der Waals surface area contributed by atoms with Gasteiger partial charge < -0.3 is 0 Å². The van der Waals surface area contributed by atoms with Crippen molar-refractivity contribution in [1.29, 1.82) is 0 Å². The molecular formula is C7H7BO3. The Morgan fingerprint density at radius 2 is 2.09 bits per heavy atom. The van der Waals surface area contributed by atoms with Crippen molar-refractivity contribution in [1.82, 2.24) is 0 Å². The van der Waals surface area contributed by atoms with Gasteiger partial charge in [0.25, 0.3) is 0 Å². The van der Waals surface area contributed by atoms with Crippen molar-refractivity contribution in [2.45, 2.75) is 0 Å². The molecule has 1 aromatic carbocycles. The van der Waals surface area contributed by atoms with Crippen LogP contribution in [0.3, 0.4) is 0 Å². The van der Waals surface area contributed by atoms with E-state index in [9.17, 15) is 4.70 Å². The summed E-state index contributed by atoms with van der Waals surface area (Å²) in [6.07, 6.45) is 0. The number of methoxy groups -OCH3 is 1. The number of hydrogen-bond donors (Lipinski definition) is 0. The molecule has 0 atom stereocenters. The molecule has 0 heterocycles. The first-order valence-electron chi connectivity index (χ1n) is 3.11. The van der Waals surface area contributed by atoms with E-state index in [1.165, 1.54) is 0 Å². The van der Waals surface area contributed by atoms with E-state index in [-0.39, 0.29) is 0 Å². The molecule has 3 nitrogen and oxygen atoms in total. The molecule has 56 valence electrons. The Kier molecular flexibility index (Phi) is 2.66. The van der Waals surface area contributed by atoms with Crippen LogP contribution in [0.4, 0.5) is 0 Å². The van der Waals surface area contributed by atoms with Crippen molar-refractivity contribution in [2.24, 2.45) is 0 Å². The normalized spacial score (nSPS) is 8.45. The number of ether oxygens (including phenoxy) is 1. The Balaban J connectivity index is 2.82. The van der Waals surface area contributed by atoms with Gasteiger partial charge in [-0.1, -0.05) is 0 Å². The molecule has 1 rings (SSSR count). The van der Waals surface area contributed by atoms with Gasteiger partial charge in [-0.3, -0.25) is 0 Å². The molecule has 0 N–H and O–H groups in total. The van der Waals surface area contributed by atoms with Crippen LogP contribution in [0.2, 0.25) is 0 Å². The van der Waals surface area contributed by atoms with Crippen LogP contribution in [-0.2, 0) is 4.70 Å². The Labute approximate surface area is 65.2 Å². The molecule has 0 unspecified atom stereocenters. The fourth-order valence-electron chi connectivity index (χ4n) is 0.730. The zero-order valence-electron chi connectivity index (χ0n) is 6.11. The fourth-order valence-corrected chi connectivity index (χ4v) is 0.730. The van der Waals surface area contributed by atoms with E-state index in [2.05, 4.69) is 4.65 Å². The van der Waals surface area contributed by atoms with Crippen LogP contribution in [0.15, 0.2) is 24.3 Å². The molecular weight excluding hydrogens is 143 g/mol. The van der Waals surface area contributed by atoms with Gasteiger partial charge in [0, 0.05) is 0 Å². The van der Waals surface area contributed by atoms with E-state index < -0.39 is 0 Å². The van der Waals surface area contributed by atoms with Gasteiger partial charge in [-0.05, 0) is 0 Å². The predicted octanol–water partition coefficient (Wildman–Crippen LogP) is 1.04. The summed E-state index contributed by atoms with van der Waals surface area (Å²) in [4.78, 5) is 0. The summed E-state index contributed by atoms with van der Waals surface area (Å²) in [6.45, 7) is 0. The molecule has 0 aliphatic heterocycles. The molecule has 0 aromatic heterocycles. The quantitative estimate of drug-likeness (QED) is 0.603. The SMILES string of the molecule is COc1cccc(OB=O)c1. The van der Waals surface area contributed by atoms with Crippen molar-refractivity contribution in [3.63, 3.8) is 0 Å². The average molecular weight is 150 g/mol. The standard InChI is InChI=1S/C7H7BO3/c1-10-6-3-2-4-7(5-6)11-8-9/h2-5H,1H3. The Bertz CT molecular complexity index is 249. The third kappa shape index (κ3) is 2.07. The second kappa shape index (κ2) is 3.76. The Morgan fingerprint density at radius 1 is 1.36 bits per heavy atom. The molecule has 1 aromatic rings. The summed E-state index contributed by atoms with van der Waals surface area (Å²) in [6, 6.07) is 6.83. The second-order valence-corrected chi connectivity index (χ2v) is 1.89. The van der Waals surface area contributed by atoms with Crippen LogP contribution in [0.1, 0.15) is 0 Å². The van der Waals surface area contributed by atoms with Gasteiger partial charge in [0.05, 0.1) is 0 Å². The van der Waals surface area contributed by atoms with Crippen molar-refractivity contribution >= 4 is 7.35 Å². The molecule has 0 amide bonds. The first-order chi connectivity index (χ1) is 5.36. The topological polar surface area (TPSA) is 35.5 Å². The minimum absolute atomic E-state index is 0.384. The van der Waals surface area contributed by atoms with Crippen LogP contribution in [-0.4, -0.2) is 14.5 Å². The van der Waals surface area contributed by atoms with Crippen molar-refractivity contribution in [3.8, 4) is 11.5 Å². The summed E-state index contributed by atoms with van der Waals surface area (Å²) in [7, 11) is 1.94.